The second kappa shape index (κ2) is 6.86. The Labute approximate surface area is 119 Å². The molecular weight excluding hydrogens is 250 g/mol. The second-order valence-corrected chi connectivity index (χ2v) is 4.66. The summed E-state index contributed by atoms with van der Waals surface area (Å²) in [4.78, 5) is 10.8. The fourth-order valence-electron chi connectivity index (χ4n) is 2.14. The van der Waals surface area contributed by atoms with Crippen molar-refractivity contribution in [2.24, 2.45) is 5.84 Å². The summed E-state index contributed by atoms with van der Waals surface area (Å²) >= 11 is 0. The van der Waals surface area contributed by atoms with E-state index in [2.05, 4.69) is 39.4 Å². The van der Waals surface area contributed by atoms with Crippen molar-refractivity contribution in [1.82, 2.24) is 9.97 Å². The molecular formula is C15H21N5. The van der Waals surface area contributed by atoms with Crippen LogP contribution in [0.4, 0.5) is 17.3 Å². The Morgan fingerprint density at radius 3 is 2.60 bits per heavy atom. The van der Waals surface area contributed by atoms with E-state index in [1.807, 2.05) is 25.1 Å². The maximum absolute atomic E-state index is 5.50. The van der Waals surface area contributed by atoms with Crippen molar-refractivity contribution < 1.29 is 0 Å². The maximum atomic E-state index is 5.50. The molecule has 0 aliphatic heterocycles. The lowest BCUT2D eigenvalue weighted by Crippen LogP contribution is -2.22. The number of hydrogen-bond acceptors (Lipinski definition) is 5. The smallest absolute Gasteiger partial charge is 0.148 e. The van der Waals surface area contributed by atoms with Crippen LogP contribution in [-0.4, -0.2) is 16.5 Å². The van der Waals surface area contributed by atoms with E-state index >= 15 is 0 Å². The predicted molar refractivity (Wildman–Crippen MR) is 82.9 cm³/mol. The van der Waals surface area contributed by atoms with E-state index in [0.29, 0.717) is 5.82 Å². The van der Waals surface area contributed by atoms with Gasteiger partial charge in [-0.1, -0.05) is 31.5 Å². The highest BCUT2D eigenvalue weighted by Gasteiger charge is 2.15. The molecule has 0 bridgehead atoms. The molecule has 1 heterocycles. The fraction of sp³-hybridized carbons (Fsp3) is 0.333. The van der Waals surface area contributed by atoms with E-state index < -0.39 is 0 Å². The standard InChI is InChI=1S/C15H21N5/c1-3-4-10-20(13-8-6-5-7-9-13)15-12(2)14(19-16)17-11-18-15/h5-9,11H,3-4,10,16H2,1-2H3,(H,17,18,19). The fourth-order valence-corrected chi connectivity index (χ4v) is 2.14. The average molecular weight is 271 g/mol. The van der Waals surface area contributed by atoms with Gasteiger partial charge in [0.2, 0.25) is 0 Å². The third-order valence-electron chi connectivity index (χ3n) is 3.25. The first kappa shape index (κ1) is 14.3. The number of nitrogens with zero attached hydrogens (tertiary/aromatic N) is 3. The summed E-state index contributed by atoms with van der Waals surface area (Å²) in [5.74, 6) is 7.06. The van der Waals surface area contributed by atoms with E-state index in [1.54, 1.807) is 6.33 Å². The molecule has 0 unspecified atom stereocenters. The lowest BCUT2D eigenvalue weighted by molar-refractivity contribution is 0.776. The molecule has 0 saturated heterocycles. The van der Waals surface area contributed by atoms with Crippen LogP contribution in [0.15, 0.2) is 36.7 Å². The molecule has 20 heavy (non-hydrogen) atoms. The number of aromatic nitrogens is 2. The molecule has 0 amide bonds. The molecule has 0 fully saturated rings. The summed E-state index contributed by atoms with van der Waals surface area (Å²) in [6, 6.07) is 10.3. The van der Waals surface area contributed by atoms with Crippen LogP contribution in [0.2, 0.25) is 0 Å². The first-order valence-corrected chi connectivity index (χ1v) is 6.88. The molecule has 0 aliphatic carbocycles. The molecule has 3 N–H and O–H groups in total. The highest BCUT2D eigenvalue weighted by Crippen LogP contribution is 2.28. The largest absolute Gasteiger partial charge is 0.326 e. The molecule has 0 aliphatic rings. The molecule has 2 aromatic rings. The van der Waals surface area contributed by atoms with Gasteiger partial charge in [0.1, 0.15) is 18.0 Å². The Morgan fingerprint density at radius 2 is 1.95 bits per heavy atom. The number of para-hydroxylation sites is 1. The Kier molecular flexibility index (Phi) is 4.90. The highest BCUT2D eigenvalue weighted by molar-refractivity contribution is 5.66. The Hall–Kier alpha value is -2.14. The molecule has 2 rings (SSSR count). The summed E-state index contributed by atoms with van der Waals surface area (Å²) in [6.45, 7) is 5.08. The third-order valence-corrected chi connectivity index (χ3v) is 3.25. The van der Waals surface area contributed by atoms with Crippen LogP contribution in [0.1, 0.15) is 25.3 Å². The SMILES string of the molecule is CCCCN(c1ccccc1)c1ncnc(NN)c1C. The van der Waals surface area contributed by atoms with Crippen molar-refractivity contribution in [2.75, 3.05) is 16.9 Å². The van der Waals surface area contributed by atoms with Gasteiger partial charge in [0.15, 0.2) is 0 Å². The van der Waals surface area contributed by atoms with Crippen molar-refractivity contribution in [1.29, 1.82) is 0 Å². The first-order chi connectivity index (χ1) is 9.77. The number of nitrogen functional groups attached to an aromatic ring is 1. The number of anilines is 3. The molecule has 0 saturated carbocycles. The third kappa shape index (κ3) is 3.05. The lowest BCUT2D eigenvalue weighted by Gasteiger charge is -2.25. The number of nitrogens with one attached hydrogen (secondary N) is 1. The summed E-state index contributed by atoms with van der Waals surface area (Å²) in [6.07, 6.45) is 3.78. The number of hydrogen-bond donors (Lipinski definition) is 2. The molecule has 0 atom stereocenters. The molecule has 106 valence electrons. The van der Waals surface area contributed by atoms with Gasteiger partial charge in [-0.2, -0.15) is 0 Å². The van der Waals surface area contributed by atoms with Gasteiger partial charge in [-0.05, 0) is 25.5 Å². The highest BCUT2D eigenvalue weighted by atomic mass is 15.3. The second-order valence-electron chi connectivity index (χ2n) is 4.66. The van der Waals surface area contributed by atoms with Crippen molar-refractivity contribution in [2.45, 2.75) is 26.7 Å². The zero-order valence-electron chi connectivity index (χ0n) is 12.0. The van der Waals surface area contributed by atoms with E-state index in [-0.39, 0.29) is 0 Å². The minimum Gasteiger partial charge on any atom is -0.326 e. The summed E-state index contributed by atoms with van der Waals surface area (Å²) in [5, 5.41) is 0. The summed E-state index contributed by atoms with van der Waals surface area (Å²) in [5.41, 5.74) is 4.70. The number of benzene rings is 1. The van der Waals surface area contributed by atoms with Crippen LogP contribution in [0.25, 0.3) is 0 Å². The summed E-state index contributed by atoms with van der Waals surface area (Å²) in [7, 11) is 0. The van der Waals surface area contributed by atoms with Crippen LogP contribution in [0.3, 0.4) is 0 Å². The number of nitrogens with two attached hydrogens (primary N) is 1. The number of rotatable bonds is 6. The Bertz CT molecular complexity index is 541. The van der Waals surface area contributed by atoms with E-state index in [0.717, 1.165) is 36.5 Å². The van der Waals surface area contributed by atoms with E-state index in [9.17, 15) is 0 Å². The monoisotopic (exact) mass is 271 g/mol. The van der Waals surface area contributed by atoms with Crippen LogP contribution in [0.5, 0.6) is 0 Å². The van der Waals surface area contributed by atoms with Gasteiger partial charge in [-0.15, -0.1) is 0 Å². The van der Waals surface area contributed by atoms with Gasteiger partial charge in [-0.25, -0.2) is 15.8 Å². The predicted octanol–water partition coefficient (Wildman–Crippen LogP) is 3.01. The molecule has 0 radical (unpaired) electrons. The van der Waals surface area contributed by atoms with Gasteiger partial charge in [0.05, 0.1) is 0 Å². The lowest BCUT2D eigenvalue weighted by atomic mass is 10.2. The van der Waals surface area contributed by atoms with E-state index in [4.69, 9.17) is 5.84 Å². The number of unbranched alkanes of at least 4 members (excludes halogenated alkanes) is 1. The first-order valence-electron chi connectivity index (χ1n) is 6.88. The van der Waals surface area contributed by atoms with Gasteiger partial charge in [-0.3, -0.25) is 0 Å². The number of hydrazine groups is 1. The van der Waals surface area contributed by atoms with Crippen LogP contribution in [-0.2, 0) is 0 Å². The summed E-state index contributed by atoms with van der Waals surface area (Å²) < 4.78 is 0. The molecule has 1 aromatic heterocycles. The van der Waals surface area contributed by atoms with E-state index in [1.165, 1.54) is 0 Å². The van der Waals surface area contributed by atoms with Crippen LogP contribution < -0.4 is 16.2 Å². The maximum Gasteiger partial charge on any atom is 0.148 e. The zero-order chi connectivity index (χ0) is 14.4. The van der Waals surface area contributed by atoms with Crippen molar-refractivity contribution in [3.8, 4) is 0 Å². The van der Waals surface area contributed by atoms with Crippen molar-refractivity contribution in [3.63, 3.8) is 0 Å². The normalized spacial score (nSPS) is 10.3. The van der Waals surface area contributed by atoms with Gasteiger partial charge in [0, 0.05) is 17.8 Å². The zero-order valence-corrected chi connectivity index (χ0v) is 12.0. The van der Waals surface area contributed by atoms with Crippen LogP contribution >= 0.6 is 0 Å². The minimum absolute atomic E-state index is 0.660. The van der Waals surface area contributed by atoms with Gasteiger partial charge < -0.3 is 10.3 Å². The minimum atomic E-state index is 0.660. The quantitative estimate of drug-likeness (QED) is 0.624. The molecule has 0 spiro atoms. The Balaban J connectivity index is 2.41. The molecule has 5 nitrogen and oxygen atoms in total. The average Bonchev–Trinajstić information content (AvgIpc) is 2.50. The molecule has 5 heteroatoms. The van der Waals surface area contributed by atoms with Crippen molar-refractivity contribution in [3.05, 3.63) is 42.2 Å². The Morgan fingerprint density at radius 1 is 1.20 bits per heavy atom. The van der Waals surface area contributed by atoms with Gasteiger partial charge in [0.25, 0.3) is 0 Å². The molecule has 1 aromatic carbocycles. The van der Waals surface area contributed by atoms with Crippen LogP contribution in [0, 0.1) is 6.92 Å². The van der Waals surface area contributed by atoms with Gasteiger partial charge >= 0.3 is 0 Å². The van der Waals surface area contributed by atoms with Crippen molar-refractivity contribution >= 4 is 17.3 Å². The topological polar surface area (TPSA) is 67.1 Å².